The molecule has 0 spiro atoms. The van der Waals surface area contributed by atoms with Crippen molar-refractivity contribution in [3.63, 3.8) is 0 Å². The van der Waals surface area contributed by atoms with E-state index < -0.39 is 0 Å². The number of fused-ring (bicyclic) bond motifs is 7. The Hall–Kier alpha value is -17.1. The third-order valence-electron chi connectivity index (χ3n) is 24.3. The zero-order chi connectivity index (χ0) is 93.3. The largest absolute Gasteiger partial charge is 1.00 e. The van der Waals surface area contributed by atoms with E-state index in [1.54, 1.807) is 18.5 Å². The first-order chi connectivity index (χ1) is 68.1. The summed E-state index contributed by atoms with van der Waals surface area (Å²) in [7, 11) is 0. The van der Waals surface area contributed by atoms with Crippen molar-refractivity contribution < 1.29 is 62.9 Å². The molecule has 24 rings (SSSR count). The first-order valence-corrected chi connectivity index (χ1v) is 45.5. The molecule has 0 N–H and O–H groups in total. The number of benzene rings is 18. The van der Waals surface area contributed by atoms with Gasteiger partial charge in [-0.1, -0.05) is 333 Å². The Balaban J connectivity index is 0.000000143. The summed E-state index contributed by atoms with van der Waals surface area (Å²) in [5, 5.41) is 26.2. The molecule has 1 radical (unpaired) electrons. The maximum atomic E-state index is 11.1. The maximum absolute atomic E-state index is 11.1. The van der Waals surface area contributed by atoms with Crippen molar-refractivity contribution in [2.75, 3.05) is 0 Å². The number of para-hydroxylation sites is 3. The molecule has 0 unspecified atom stereocenters. The van der Waals surface area contributed by atoms with Crippen molar-refractivity contribution in [3.8, 4) is 158 Å². The second-order valence-corrected chi connectivity index (χ2v) is 33.1. The van der Waals surface area contributed by atoms with Gasteiger partial charge in [-0.25, -0.2) is 19.8 Å². The number of aryl methyl sites for hydroxylation is 1. The predicted molar refractivity (Wildman–Crippen MR) is 570 cm³/mol. The van der Waals surface area contributed by atoms with Crippen molar-refractivity contribution in [3.05, 3.63) is 540 Å². The Bertz CT molecular complexity index is 8210. The maximum Gasteiger partial charge on any atom is 1.00 e. The summed E-state index contributed by atoms with van der Waals surface area (Å²) >= 11 is 0. The Morgan fingerprint density at radius 2 is 0.690 bits per heavy atom. The van der Waals surface area contributed by atoms with E-state index in [2.05, 4.69) is 309 Å². The van der Waals surface area contributed by atoms with Gasteiger partial charge in [-0.15, -0.1) is 71.8 Å². The minimum absolute atomic E-state index is 0. The second kappa shape index (κ2) is 46.4. The summed E-state index contributed by atoms with van der Waals surface area (Å²) in [6.45, 7) is 9.50. The van der Waals surface area contributed by atoms with Crippen molar-refractivity contribution in [2.45, 2.75) is 6.92 Å². The number of nitrogens with zero attached hydrogens (tertiary/aromatic N) is 10. The monoisotopic (exact) mass is 1990 g/mol. The van der Waals surface area contributed by atoms with Crippen LogP contribution in [-0.4, -0.2) is 39.0 Å². The van der Waals surface area contributed by atoms with Crippen LogP contribution >= 0.6 is 0 Å². The summed E-state index contributed by atoms with van der Waals surface area (Å²) in [6.07, 6.45) is 5.36. The molecule has 0 fully saturated rings. The molecule has 0 amide bonds. The fourth-order valence-corrected chi connectivity index (χ4v) is 17.4. The zero-order valence-corrected chi connectivity index (χ0v) is 81.0. The van der Waals surface area contributed by atoms with E-state index in [-0.39, 0.29) is 71.0 Å². The Labute approximate surface area is 864 Å². The van der Waals surface area contributed by atoms with Crippen LogP contribution in [0.4, 0.5) is 5.69 Å². The predicted octanol–water partition coefficient (Wildman–Crippen LogP) is 26.0. The van der Waals surface area contributed by atoms with Crippen LogP contribution in [0.25, 0.3) is 205 Å². The van der Waals surface area contributed by atoms with Gasteiger partial charge in [-0.2, -0.15) is 5.26 Å². The number of nitriles is 1. The van der Waals surface area contributed by atoms with Crippen molar-refractivity contribution in [1.29, 1.82) is 5.26 Å². The van der Waals surface area contributed by atoms with Gasteiger partial charge in [0.1, 0.15) is 0 Å². The summed E-state index contributed by atoms with van der Waals surface area (Å²) in [5.74, 6) is 1.76. The van der Waals surface area contributed by atoms with Crippen molar-refractivity contribution >= 4 is 60.2 Å². The van der Waals surface area contributed by atoms with Crippen LogP contribution in [0.15, 0.2) is 498 Å². The van der Waals surface area contributed by atoms with Crippen molar-refractivity contribution in [1.82, 2.24) is 39.0 Å². The molecule has 0 saturated heterocycles. The quantitative estimate of drug-likeness (QED) is 0.0775. The minimum atomic E-state index is -0.0110. The summed E-state index contributed by atoms with van der Waals surface area (Å²) in [5.41, 5.74) is 32.7. The molecule has 0 saturated carbocycles. The molecule has 142 heavy (non-hydrogen) atoms. The van der Waals surface area contributed by atoms with Gasteiger partial charge < -0.3 is 31.6 Å². The average Bonchev–Trinajstić information content (AvgIpc) is 1.58. The normalized spacial score (nSPS) is 10.5. The van der Waals surface area contributed by atoms with Crippen LogP contribution in [0, 0.1) is 44.4 Å². The van der Waals surface area contributed by atoms with Crippen LogP contribution in [-0.2, 0) is 20.1 Å². The molecule has 18 aromatic carbocycles. The Kier molecular flexibility index (Phi) is 32.0. The van der Waals surface area contributed by atoms with Crippen LogP contribution in [0.3, 0.4) is 0 Å². The standard InChI is InChI=1S/C48H32N2.C41H25N5.C18H14N.C11H8N.C9H7NO.CH3.Ir.2Li/c1-3-13-33(14-4-1)35-17-11-19-39(29-35)49-45-23-9-7-21-41(45)43-31-37(25-27-47(43)49)38-26-28-48-44(32-38)42-22-8-10-24-46(42)50(48)40-20-12-18-36(30-40)34-15-5-2-6-16-34;1-43-38-22-20-32(21-23-38)36-24-35(31-18-16-30(17-19-31)29-14-12-28(27-42)13-15-29)25-37(26-36)41-45-39(33-8-4-2-5-9-33)44-40(46-41)34-10-6-3-7-11-34;1-14-12-18(16-10-6-3-7-11-16)19-13-17(14)15-8-4-2-5-9-15;1-2-6-10(7-3-1)11-8-4-5-9-12-11;11-8-5-1-3-7-4-2-6-10-9(7)8;;;;/h1-32H;2-26H;2-10,12-13H,1H3;1-6,8-9H;1-6,11H;1H3;;;/q;;2*-1;;-1;;2*+1/p-1. The van der Waals surface area contributed by atoms with Crippen LogP contribution in [0.1, 0.15) is 11.1 Å². The first-order valence-electron chi connectivity index (χ1n) is 45.5. The number of rotatable bonds is 14. The molecular weight excluding hydrogens is 1900 g/mol. The molecule has 0 aliphatic carbocycles. The Morgan fingerprint density at radius 3 is 1.15 bits per heavy atom. The van der Waals surface area contributed by atoms with E-state index in [9.17, 15) is 5.11 Å². The van der Waals surface area contributed by atoms with Gasteiger partial charge in [0.05, 0.1) is 45.8 Å². The van der Waals surface area contributed by atoms with E-state index in [1.807, 2.05) is 219 Å². The molecule has 0 bridgehead atoms. The van der Waals surface area contributed by atoms with Gasteiger partial charge in [-0.05, 0) is 205 Å². The van der Waals surface area contributed by atoms with Gasteiger partial charge >= 0.3 is 37.7 Å². The van der Waals surface area contributed by atoms with E-state index >= 15 is 0 Å². The van der Waals surface area contributed by atoms with E-state index in [1.165, 1.54) is 99.7 Å². The third kappa shape index (κ3) is 22.2. The number of aromatic nitrogens is 8. The molecule has 0 aliphatic heterocycles. The molecule has 6 aromatic heterocycles. The van der Waals surface area contributed by atoms with E-state index in [0.717, 1.165) is 89.3 Å². The molecule has 6 heterocycles. The number of hydrogen-bond acceptors (Lipinski definition) is 8. The second-order valence-electron chi connectivity index (χ2n) is 33.1. The number of pyridine rings is 3. The first kappa shape index (κ1) is 98.0. The van der Waals surface area contributed by atoms with Crippen LogP contribution in [0.5, 0.6) is 5.75 Å². The minimum Gasteiger partial charge on any atom is -0.871 e. The van der Waals surface area contributed by atoms with Gasteiger partial charge in [0.25, 0.3) is 0 Å². The third-order valence-corrected chi connectivity index (χ3v) is 24.3. The van der Waals surface area contributed by atoms with Gasteiger partial charge in [0, 0.05) is 93.9 Å². The smallest absolute Gasteiger partial charge is 0.871 e. The van der Waals surface area contributed by atoms with E-state index in [4.69, 9.17) is 26.8 Å². The molecule has 0 atom stereocenters. The van der Waals surface area contributed by atoms with Gasteiger partial charge in [0.2, 0.25) is 0 Å². The summed E-state index contributed by atoms with van der Waals surface area (Å²) in [4.78, 5) is 31.1. The SMILES string of the molecule is Cc1cc(-c2[c-]cccc2)ncc1-c1ccccc1.[C-]#[N+]c1ccc(-c2cc(-c3ccc(-c4ccc(C#N)cc4)cc3)cc(-c3nc(-c4ccccc4)nc(-c4ccccc4)n3)c2)cc1.[CH3-].[Ir].[Li+].[Li+].[O-]c1cccc2cccnc12.[c-]1ccccc1-c1ccccn1.c1ccc(-c2cccc(-n3c4ccccc4c4cc(-c5ccc6c(c5)c5ccccc5n6-c5cccc(-c6ccccc6)c5)ccc43)c2)cc1. The fourth-order valence-electron chi connectivity index (χ4n) is 17.4. The fraction of sp³-hybridized carbons (Fsp3) is 0.00781. The van der Waals surface area contributed by atoms with Gasteiger partial charge in [-0.3, -0.25) is 4.98 Å². The molecule has 14 heteroatoms. The number of hydrogen-bond donors (Lipinski definition) is 0. The van der Waals surface area contributed by atoms with E-state index in [0.29, 0.717) is 34.2 Å². The molecule has 24 aromatic rings. The molecule has 0 aliphatic rings. The van der Waals surface area contributed by atoms with Crippen LogP contribution < -0.4 is 42.8 Å². The van der Waals surface area contributed by atoms with Gasteiger partial charge in [0.15, 0.2) is 23.2 Å². The molecule has 669 valence electrons. The molecular formula is C128H88IrLi2N10O-2. The zero-order valence-electron chi connectivity index (χ0n) is 78.6. The Morgan fingerprint density at radius 1 is 0.310 bits per heavy atom. The van der Waals surface area contributed by atoms with Crippen molar-refractivity contribution in [2.24, 2.45) is 0 Å². The molecule has 11 nitrogen and oxygen atoms in total. The topological polar surface area (TPSA) is 138 Å². The van der Waals surface area contributed by atoms with Crippen LogP contribution in [0.2, 0.25) is 0 Å². The summed E-state index contributed by atoms with van der Waals surface area (Å²) in [6, 6.07) is 172. The average molecular weight is 1990 g/mol. The summed E-state index contributed by atoms with van der Waals surface area (Å²) < 4.78 is 4.81.